The van der Waals surface area contributed by atoms with Crippen molar-refractivity contribution < 1.29 is 23.2 Å². The van der Waals surface area contributed by atoms with Gasteiger partial charge in [0.1, 0.15) is 17.3 Å². The molecule has 0 spiro atoms. The number of amides is 3. The molecule has 3 amide bonds. The van der Waals surface area contributed by atoms with Crippen LogP contribution in [0.25, 0.3) is 0 Å². The van der Waals surface area contributed by atoms with Crippen molar-refractivity contribution >= 4 is 29.1 Å². The van der Waals surface area contributed by atoms with Gasteiger partial charge in [0.15, 0.2) is 0 Å². The molecule has 0 saturated heterocycles. The first-order chi connectivity index (χ1) is 14.3. The van der Waals surface area contributed by atoms with Crippen LogP contribution in [0.2, 0.25) is 0 Å². The van der Waals surface area contributed by atoms with Gasteiger partial charge < -0.3 is 20.4 Å². The second kappa shape index (κ2) is 9.56. The molecule has 3 N–H and O–H groups in total. The zero-order chi connectivity index (χ0) is 21.7. The summed E-state index contributed by atoms with van der Waals surface area (Å²) in [6, 6.07) is 5.56. The van der Waals surface area contributed by atoms with Crippen LogP contribution in [0.4, 0.5) is 15.8 Å². The van der Waals surface area contributed by atoms with Crippen molar-refractivity contribution in [3.63, 3.8) is 0 Å². The summed E-state index contributed by atoms with van der Waals surface area (Å²) in [7, 11) is 0. The fraction of sp³-hybridized carbons (Fsp3) is 0.409. The molecule has 1 aliphatic carbocycles. The summed E-state index contributed by atoms with van der Waals surface area (Å²) in [5.41, 5.74) is 0.719. The zero-order valence-electron chi connectivity index (χ0n) is 17.1. The van der Waals surface area contributed by atoms with Crippen LogP contribution in [0.1, 0.15) is 54.0 Å². The molecule has 7 nitrogen and oxygen atoms in total. The Hall–Kier alpha value is -3.16. The van der Waals surface area contributed by atoms with Gasteiger partial charge in [-0.1, -0.05) is 19.3 Å². The Labute approximate surface area is 174 Å². The van der Waals surface area contributed by atoms with Crippen LogP contribution in [0, 0.1) is 25.6 Å². The van der Waals surface area contributed by atoms with Gasteiger partial charge in [0.05, 0.1) is 17.8 Å². The summed E-state index contributed by atoms with van der Waals surface area (Å²) in [5.74, 6) is -0.692. The van der Waals surface area contributed by atoms with Crippen molar-refractivity contribution in [2.75, 3.05) is 17.2 Å². The van der Waals surface area contributed by atoms with Gasteiger partial charge in [0.25, 0.3) is 5.91 Å². The summed E-state index contributed by atoms with van der Waals surface area (Å²) < 4.78 is 19.4. The van der Waals surface area contributed by atoms with Gasteiger partial charge in [-0.15, -0.1) is 0 Å². The van der Waals surface area contributed by atoms with Crippen LogP contribution in [0.3, 0.4) is 0 Å². The molecule has 2 aromatic rings. The van der Waals surface area contributed by atoms with Crippen molar-refractivity contribution in [1.82, 2.24) is 5.32 Å². The molecule has 0 radical (unpaired) electrons. The van der Waals surface area contributed by atoms with Crippen molar-refractivity contribution in [2.45, 2.75) is 46.0 Å². The smallest absolute Gasteiger partial charge is 0.255 e. The van der Waals surface area contributed by atoms with Crippen LogP contribution < -0.4 is 16.0 Å². The van der Waals surface area contributed by atoms with Crippen molar-refractivity contribution in [3.8, 4) is 0 Å². The highest BCUT2D eigenvalue weighted by Crippen LogP contribution is 2.26. The number of benzene rings is 1. The molecular weight excluding hydrogens is 389 g/mol. The lowest BCUT2D eigenvalue weighted by Crippen LogP contribution is -2.33. The van der Waals surface area contributed by atoms with Gasteiger partial charge in [0.2, 0.25) is 11.8 Å². The third-order valence-corrected chi connectivity index (χ3v) is 5.18. The number of halogens is 1. The third-order valence-electron chi connectivity index (χ3n) is 5.18. The molecule has 1 fully saturated rings. The molecule has 160 valence electrons. The number of hydrogen-bond donors (Lipinski definition) is 3. The molecule has 8 heteroatoms. The van der Waals surface area contributed by atoms with E-state index in [9.17, 15) is 18.8 Å². The molecule has 3 rings (SSSR count). The second-order valence-electron chi connectivity index (χ2n) is 7.58. The number of carbonyl (C=O) groups is 3. The number of nitrogens with one attached hydrogen (secondary N) is 3. The summed E-state index contributed by atoms with van der Waals surface area (Å²) in [6.07, 6.45) is 4.73. The molecule has 30 heavy (non-hydrogen) atoms. The molecule has 1 saturated carbocycles. The van der Waals surface area contributed by atoms with E-state index in [2.05, 4.69) is 16.0 Å². The van der Waals surface area contributed by atoms with E-state index >= 15 is 0 Å². The standard InChI is InChI=1S/C22H26FN3O4/c1-13-10-17(14(2)30-13)22(29)24-12-20(27)25-16-8-9-18(23)19(11-16)26-21(28)15-6-4-3-5-7-15/h8-11,15H,3-7,12H2,1-2H3,(H,24,29)(H,25,27)(H,26,28). The van der Waals surface area contributed by atoms with Crippen molar-refractivity contribution in [2.24, 2.45) is 5.92 Å². The molecule has 1 aliphatic rings. The van der Waals surface area contributed by atoms with Gasteiger partial charge in [-0.3, -0.25) is 14.4 Å². The van der Waals surface area contributed by atoms with E-state index in [0.717, 1.165) is 32.1 Å². The lowest BCUT2D eigenvalue weighted by molar-refractivity contribution is -0.120. The van der Waals surface area contributed by atoms with Gasteiger partial charge in [-0.25, -0.2) is 4.39 Å². The summed E-state index contributed by atoms with van der Waals surface area (Å²) in [6.45, 7) is 3.14. The van der Waals surface area contributed by atoms with E-state index in [1.807, 2.05) is 0 Å². The zero-order valence-corrected chi connectivity index (χ0v) is 17.1. The number of carbonyl (C=O) groups excluding carboxylic acids is 3. The predicted molar refractivity (Wildman–Crippen MR) is 111 cm³/mol. The highest BCUT2D eigenvalue weighted by molar-refractivity contribution is 6.00. The molecule has 1 aromatic carbocycles. The van der Waals surface area contributed by atoms with Gasteiger partial charge in [-0.05, 0) is 51.0 Å². The maximum Gasteiger partial charge on any atom is 0.255 e. The minimum Gasteiger partial charge on any atom is -0.466 e. The lowest BCUT2D eigenvalue weighted by Gasteiger charge is -2.21. The van der Waals surface area contributed by atoms with E-state index in [-0.39, 0.29) is 24.1 Å². The fourth-order valence-corrected chi connectivity index (χ4v) is 3.62. The summed E-state index contributed by atoms with van der Waals surface area (Å²) >= 11 is 0. The lowest BCUT2D eigenvalue weighted by atomic mass is 9.88. The highest BCUT2D eigenvalue weighted by Gasteiger charge is 2.22. The monoisotopic (exact) mass is 415 g/mol. The van der Waals surface area contributed by atoms with E-state index in [1.54, 1.807) is 19.9 Å². The molecule has 0 unspecified atom stereocenters. The minimum absolute atomic E-state index is 0.0249. The van der Waals surface area contributed by atoms with E-state index in [4.69, 9.17) is 4.42 Å². The molecule has 0 bridgehead atoms. The van der Waals surface area contributed by atoms with Crippen molar-refractivity contribution in [1.29, 1.82) is 0 Å². The number of aryl methyl sites for hydroxylation is 2. The van der Waals surface area contributed by atoms with E-state index in [0.29, 0.717) is 22.8 Å². The Kier molecular flexibility index (Phi) is 6.87. The van der Waals surface area contributed by atoms with Gasteiger partial charge in [-0.2, -0.15) is 0 Å². The number of rotatable bonds is 6. The predicted octanol–water partition coefficient (Wildman–Crippen LogP) is 3.92. The largest absolute Gasteiger partial charge is 0.466 e. The molecule has 0 aliphatic heterocycles. The van der Waals surface area contributed by atoms with Crippen LogP contribution in [-0.2, 0) is 9.59 Å². The summed E-state index contributed by atoms with van der Waals surface area (Å²) in [5, 5.41) is 7.74. The number of hydrogen-bond acceptors (Lipinski definition) is 4. The molecule has 0 atom stereocenters. The highest BCUT2D eigenvalue weighted by atomic mass is 19.1. The molecule has 1 aromatic heterocycles. The maximum atomic E-state index is 14.1. The molecule has 1 heterocycles. The average Bonchev–Trinajstić information content (AvgIpc) is 3.07. The quantitative estimate of drug-likeness (QED) is 0.666. The number of anilines is 2. The first-order valence-electron chi connectivity index (χ1n) is 10.1. The summed E-state index contributed by atoms with van der Waals surface area (Å²) in [4.78, 5) is 36.7. The van der Waals surface area contributed by atoms with Crippen molar-refractivity contribution in [3.05, 3.63) is 47.2 Å². The Bertz CT molecular complexity index is 948. The average molecular weight is 415 g/mol. The first kappa shape index (κ1) is 21.5. The van der Waals surface area contributed by atoms with Crippen LogP contribution >= 0.6 is 0 Å². The number of furan rings is 1. The molecular formula is C22H26FN3O4. The SMILES string of the molecule is Cc1cc(C(=O)NCC(=O)Nc2ccc(F)c(NC(=O)C3CCCCC3)c2)c(C)o1. The minimum atomic E-state index is -0.573. The van der Waals surface area contributed by atoms with Gasteiger partial charge in [0, 0.05) is 11.6 Å². The Morgan fingerprint density at radius 3 is 2.47 bits per heavy atom. The Balaban J connectivity index is 1.56. The van der Waals surface area contributed by atoms with Crippen LogP contribution in [0.5, 0.6) is 0 Å². The van der Waals surface area contributed by atoms with Gasteiger partial charge >= 0.3 is 0 Å². The third kappa shape index (κ3) is 5.46. The fourth-order valence-electron chi connectivity index (χ4n) is 3.62. The van der Waals surface area contributed by atoms with E-state index < -0.39 is 17.6 Å². The van der Waals surface area contributed by atoms with E-state index in [1.165, 1.54) is 18.2 Å². The van der Waals surface area contributed by atoms with Crippen LogP contribution in [0.15, 0.2) is 28.7 Å². The van der Waals surface area contributed by atoms with Crippen LogP contribution in [-0.4, -0.2) is 24.3 Å². The Morgan fingerprint density at radius 1 is 1.07 bits per heavy atom. The Morgan fingerprint density at radius 2 is 1.80 bits per heavy atom. The topological polar surface area (TPSA) is 100 Å². The first-order valence-corrected chi connectivity index (χ1v) is 10.1. The second-order valence-corrected chi connectivity index (χ2v) is 7.58. The normalized spacial score (nSPS) is 14.2. The maximum absolute atomic E-state index is 14.1.